The lowest BCUT2D eigenvalue weighted by Crippen LogP contribution is -2.51. The van der Waals surface area contributed by atoms with Crippen molar-refractivity contribution >= 4 is 9.84 Å². The standard InChI is InChI=1S/C9H19NO4S/c1-9(2,3-4-11)10-7-5-15(13,14)6-8(7)12/h7-8,10-12H,3-6H2,1-2H3. The van der Waals surface area contributed by atoms with E-state index in [0.717, 1.165) is 0 Å². The van der Waals surface area contributed by atoms with Gasteiger partial charge < -0.3 is 15.5 Å². The van der Waals surface area contributed by atoms with E-state index in [2.05, 4.69) is 5.32 Å². The molecule has 2 atom stereocenters. The maximum Gasteiger partial charge on any atom is 0.154 e. The molecular formula is C9H19NO4S. The molecular weight excluding hydrogens is 218 g/mol. The van der Waals surface area contributed by atoms with Gasteiger partial charge in [-0.05, 0) is 20.3 Å². The molecule has 0 aromatic heterocycles. The highest BCUT2D eigenvalue weighted by Crippen LogP contribution is 2.17. The molecule has 1 fully saturated rings. The van der Waals surface area contributed by atoms with Crippen LogP contribution in [0.25, 0.3) is 0 Å². The van der Waals surface area contributed by atoms with Gasteiger partial charge in [0.05, 0.1) is 17.6 Å². The molecule has 6 heteroatoms. The summed E-state index contributed by atoms with van der Waals surface area (Å²) in [4.78, 5) is 0. The summed E-state index contributed by atoms with van der Waals surface area (Å²) in [7, 11) is -3.11. The van der Waals surface area contributed by atoms with Crippen molar-refractivity contribution in [2.24, 2.45) is 0 Å². The van der Waals surface area contributed by atoms with E-state index in [4.69, 9.17) is 5.11 Å². The van der Waals surface area contributed by atoms with Crippen LogP contribution < -0.4 is 5.32 Å². The summed E-state index contributed by atoms with van der Waals surface area (Å²) in [5.41, 5.74) is -0.361. The highest BCUT2D eigenvalue weighted by molar-refractivity contribution is 7.91. The fourth-order valence-corrected chi connectivity index (χ4v) is 3.56. The topological polar surface area (TPSA) is 86.6 Å². The average Bonchev–Trinajstić information content (AvgIpc) is 2.22. The third-order valence-electron chi connectivity index (χ3n) is 2.64. The van der Waals surface area contributed by atoms with Gasteiger partial charge in [0, 0.05) is 18.2 Å². The molecule has 3 N–H and O–H groups in total. The number of aliphatic hydroxyl groups is 2. The molecule has 90 valence electrons. The smallest absolute Gasteiger partial charge is 0.154 e. The second-order valence-electron chi connectivity index (χ2n) is 4.75. The van der Waals surface area contributed by atoms with Crippen LogP contribution in [0.5, 0.6) is 0 Å². The van der Waals surface area contributed by atoms with Gasteiger partial charge in [0.1, 0.15) is 0 Å². The minimum absolute atomic E-state index is 0.0248. The predicted octanol–water partition coefficient (Wildman–Crippen LogP) is -1.11. The Hall–Kier alpha value is -0.170. The summed E-state index contributed by atoms with van der Waals surface area (Å²) < 4.78 is 22.5. The average molecular weight is 237 g/mol. The minimum Gasteiger partial charge on any atom is -0.396 e. The van der Waals surface area contributed by atoms with Gasteiger partial charge >= 0.3 is 0 Å². The third-order valence-corrected chi connectivity index (χ3v) is 4.35. The second-order valence-corrected chi connectivity index (χ2v) is 6.91. The Morgan fingerprint density at radius 2 is 2.00 bits per heavy atom. The lowest BCUT2D eigenvalue weighted by Gasteiger charge is -2.30. The van der Waals surface area contributed by atoms with E-state index in [1.165, 1.54) is 0 Å². The van der Waals surface area contributed by atoms with Crippen LogP contribution in [0.2, 0.25) is 0 Å². The van der Waals surface area contributed by atoms with Crippen molar-refractivity contribution < 1.29 is 18.6 Å². The first-order valence-electron chi connectivity index (χ1n) is 5.03. The van der Waals surface area contributed by atoms with Gasteiger partial charge in [0.15, 0.2) is 9.84 Å². The number of rotatable bonds is 4. The van der Waals surface area contributed by atoms with Gasteiger partial charge in [0.2, 0.25) is 0 Å². The quantitative estimate of drug-likeness (QED) is 0.577. The summed E-state index contributed by atoms with van der Waals surface area (Å²) in [5, 5.41) is 21.4. The van der Waals surface area contributed by atoms with Crippen LogP contribution in [0.3, 0.4) is 0 Å². The molecule has 1 aliphatic rings. The van der Waals surface area contributed by atoms with E-state index in [-0.39, 0.29) is 23.7 Å². The summed E-state index contributed by atoms with van der Waals surface area (Å²) in [6, 6.07) is -0.420. The highest BCUT2D eigenvalue weighted by atomic mass is 32.2. The first-order valence-corrected chi connectivity index (χ1v) is 6.85. The van der Waals surface area contributed by atoms with E-state index in [1.807, 2.05) is 13.8 Å². The molecule has 15 heavy (non-hydrogen) atoms. The molecule has 1 rings (SSSR count). The zero-order valence-corrected chi connectivity index (χ0v) is 9.92. The van der Waals surface area contributed by atoms with Gasteiger partial charge in [-0.1, -0.05) is 0 Å². The predicted molar refractivity (Wildman–Crippen MR) is 57.4 cm³/mol. The second kappa shape index (κ2) is 4.37. The zero-order chi connectivity index (χ0) is 11.7. The van der Waals surface area contributed by atoms with Crippen LogP contribution in [0.15, 0.2) is 0 Å². The van der Waals surface area contributed by atoms with E-state index < -0.39 is 22.0 Å². The molecule has 1 heterocycles. The fourth-order valence-electron chi connectivity index (χ4n) is 1.82. The fraction of sp³-hybridized carbons (Fsp3) is 1.00. The first-order chi connectivity index (χ1) is 6.76. The van der Waals surface area contributed by atoms with Crippen LogP contribution in [0.4, 0.5) is 0 Å². The monoisotopic (exact) mass is 237 g/mol. The Kier molecular flexibility index (Phi) is 3.76. The Morgan fingerprint density at radius 1 is 1.40 bits per heavy atom. The molecule has 0 aromatic rings. The largest absolute Gasteiger partial charge is 0.396 e. The van der Waals surface area contributed by atoms with E-state index in [9.17, 15) is 13.5 Å². The van der Waals surface area contributed by atoms with Gasteiger partial charge in [-0.25, -0.2) is 8.42 Å². The van der Waals surface area contributed by atoms with Crippen molar-refractivity contribution in [1.29, 1.82) is 0 Å². The maximum absolute atomic E-state index is 11.2. The summed E-state index contributed by atoms with van der Waals surface area (Å²) in [6.45, 7) is 3.79. The van der Waals surface area contributed by atoms with Crippen molar-refractivity contribution in [2.45, 2.75) is 38.0 Å². The number of nitrogens with one attached hydrogen (secondary N) is 1. The van der Waals surface area contributed by atoms with Crippen molar-refractivity contribution in [3.63, 3.8) is 0 Å². The van der Waals surface area contributed by atoms with E-state index >= 15 is 0 Å². The molecule has 0 aliphatic carbocycles. The lowest BCUT2D eigenvalue weighted by atomic mass is 9.99. The Bertz CT molecular complexity index is 312. The van der Waals surface area contributed by atoms with Gasteiger partial charge in [0.25, 0.3) is 0 Å². The SMILES string of the molecule is CC(C)(CCO)NC1CS(=O)(=O)CC1O. The Labute approximate surface area is 90.4 Å². The molecule has 0 radical (unpaired) electrons. The lowest BCUT2D eigenvalue weighted by molar-refractivity contribution is 0.136. The van der Waals surface area contributed by atoms with Crippen molar-refractivity contribution in [3.8, 4) is 0 Å². The Balaban J connectivity index is 2.60. The number of sulfone groups is 1. The van der Waals surface area contributed by atoms with Crippen molar-refractivity contribution in [3.05, 3.63) is 0 Å². The molecule has 0 amide bonds. The minimum atomic E-state index is -3.11. The molecule has 0 spiro atoms. The Morgan fingerprint density at radius 3 is 2.40 bits per heavy atom. The van der Waals surface area contributed by atoms with Crippen molar-refractivity contribution in [2.75, 3.05) is 18.1 Å². The van der Waals surface area contributed by atoms with Crippen molar-refractivity contribution in [1.82, 2.24) is 5.32 Å². The van der Waals surface area contributed by atoms with Crippen LogP contribution >= 0.6 is 0 Å². The highest BCUT2D eigenvalue weighted by Gasteiger charge is 2.38. The summed E-state index contributed by atoms with van der Waals surface area (Å²) in [5.74, 6) is -0.192. The van der Waals surface area contributed by atoms with E-state index in [1.54, 1.807) is 0 Å². The molecule has 1 saturated heterocycles. The third kappa shape index (κ3) is 3.71. The molecule has 5 nitrogen and oxygen atoms in total. The number of aliphatic hydroxyl groups excluding tert-OH is 2. The molecule has 0 bridgehead atoms. The van der Waals surface area contributed by atoms with Crippen LogP contribution in [-0.2, 0) is 9.84 Å². The summed E-state index contributed by atoms with van der Waals surface area (Å²) in [6.07, 6.45) is -0.316. The normalized spacial score (nSPS) is 30.7. The number of hydrogen-bond acceptors (Lipinski definition) is 5. The summed E-state index contributed by atoms with van der Waals surface area (Å²) >= 11 is 0. The molecule has 2 unspecified atom stereocenters. The van der Waals surface area contributed by atoms with Gasteiger partial charge in [-0.3, -0.25) is 0 Å². The van der Waals surface area contributed by atoms with E-state index in [0.29, 0.717) is 6.42 Å². The van der Waals surface area contributed by atoms with Gasteiger partial charge in [-0.15, -0.1) is 0 Å². The zero-order valence-electron chi connectivity index (χ0n) is 9.10. The number of hydrogen-bond donors (Lipinski definition) is 3. The van der Waals surface area contributed by atoms with Crippen LogP contribution in [-0.4, -0.2) is 54.4 Å². The van der Waals surface area contributed by atoms with Crippen LogP contribution in [0.1, 0.15) is 20.3 Å². The maximum atomic E-state index is 11.2. The first kappa shape index (κ1) is 12.9. The molecule has 1 aliphatic heterocycles. The molecule has 0 saturated carbocycles. The van der Waals surface area contributed by atoms with Gasteiger partial charge in [-0.2, -0.15) is 0 Å². The molecule has 0 aromatic carbocycles. The van der Waals surface area contributed by atoms with Crippen LogP contribution in [0, 0.1) is 0 Å².